The quantitative estimate of drug-likeness (QED) is 0.790. The van der Waals surface area contributed by atoms with E-state index in [2.05, 4.69) is 12.2 Å². The van der Waals surface area contributed by atoms with Gasteiger partial charge in [0.2, 0.25) is 0 Å². The number of aliphatic carboxylic acids is 1. The Morgan fingerprint density at radius 1 is 1.38 bits per heavy atom. The Morgan fingerprint density at radius 2 is 2.10 bits per heavy atom. The van der Waals surface area contributed by atoms with Gasteiger partial charge >= 0.3 is 5.97 Å². The first-order valence-corrected chi connectivity index (χ1v) is 7.26. The molecule has 0 aromatic heterocycles. The number of nitrogens with one attached hydrogen (secondary N) is 1. The van der Waals surface area contributed by atoms with Crippen LogP contribution in [0.1, 0.15) is 47.7 Å². The molecule has 2 rings (SSSR count). The van der Waals surface area contributed by atoms with E-state index in [4.69, 9.17) is 5.11 Å². The first-order valence-electron chi connectivity index (χ1n) is 7.26. The monoisotopic (exact) mass is 287 g/mol. The standard InChI is InChI=1S/C17H21NO3/c1-3-17(8-9-17)11-18-16(21)14-5-4-13(12(2)10-14)6-7-15(19)20/h4-7,10H,3,8-9,11H2,1-2H3,(H,18,21)(H,19,20)/b7-6+. The van der Waals surface area contributed by atoms with Crippen LogP contribution in [0.25, 0.3) is 6.08 Å². The third-order valence-electron chi connectivity index (χ3n) is 4.27. The van der Waals surface area contributed by atoms with Crippen molar-refractivity contribution in [2.45, 2.75) is 33.1 Å². The molecular weight excluding hydrogens is 266 g/mol. The van der Waals surface area contributed by atoms with Gasteiger partial charge in [0, 0.05) is 18.2 Å². The molecule has 4 nitrogen and oxygen atoms in total. The van der Waals surface area contributed by atoms with Gasteiger partial charge in [0.25, 0.3) is 5.91 Å². The highest BCUT2D eigenvalue weighted by molar-refractivity contribution is 5.95. The summed E-state index contributed by atoms with van der Waals surface area (Å²) in [6.07, 6.45) is 6.13. The Bertz CT molecular complexity index is 586. The topological polar surface area (TPSA) is 66.4 Å². The number of carbonyl (C=O) groups is 2. The largest absolute Gasteiger partial charge is 0.478 e. The molecule has 0 heterocycles. The number of carboxylic acid groups (broad SMARTS) is 1. The highest BCUT2D eigenvalue weighted by Crippen LogP contribution is 2.47. The average Bonchev–Trinajstić information content (AvgIpc) is 3.24. The third-order valence-corrected chi connectivity index (χ3v) is 4.27. The van der Waals surface area contributed by atoms with Crippen LogP contribution >= 0.6 is 0 Å². The van der Waals surface area contributed by atoms with Crippen molar-refractivity contribution in [3.8, 4) is 0 Å². The molecule has 1 aliphatic carbocycles. The van der Waals surface area contributed by atoms with Crippen molar-refractivity contribution >= 4 is 18.0 Å². The molecule has 1 saturated carbocycles. The number of amides is 1. The predicted octanol–water partition coefficient (Wildman–Crippen LogP) is 3.01. The zero-order valence-electron chi connectivity index (χ0n) is 12.5. The van der Waals surface area contributed by atoms with Crippen molar-refractivity contribution in [1.82, 2.24) is 5.32 Å². The Kier molecular flexibility index (Phi) is 4.46. The first-order chi connectivity index (χ1) is 9.96. The highest BCUT2D eigenvalue weighted by atomic mass is 16.4. The molecule has 0 radical (unpaired) electrons. The lowest BCUT2D eigenvalue weighted by Gasteiger charge is -2.13. The van der Waals surface area contributed by atoms with Crippen molar-refractivity contribution in [3.05, 3.63) is 41.0 Å². The third kappa shape index (κ3) is 3.94. The fraction of sp³-hybridized carbons (Fsp3) is 0.412. The van der Waals surface area contributed by atoms with Crippen LogP contribution in [-0.2, 0) is 4.79 Å². The molecule has 0 spiro atoms. The van der Waals surface area contributed by atoms with E-state index in [-0.39, 0.29) is 5.91 Å². The summed E-state index contributed by atoms with van der Waals surface area (Å²) in [6.45, 7) is 4.77. The zero-order valence-corrected chi connectivity index (χ0v) is 12.5. The zero-order chi connectivity index (χ0) is 15.5. The van der Waals surface area contributed by atoms with Gasteiger partial charge in [-0.05, 0) is 60.9 Å². The second kappa shape index (κ2) is 6.12. The van der Waals surface area contributed by atoms with Gasteiger partial charge in [-0.2, -0.15) is 0 Å². The van der Waals surface area contributed by atoms with Crippen molar-refractivity contribution in [3.63, 3.8) is 0 Å². The van der Waals surface area contributed by atoms with E-state index in [0.29, 0.717) is 11.0 Å². The maximum absolute atomic E-state index is 12.1. The summed E-state index contributed by atoms with van der Waals surface area (Å²) in [5.74, 6) is -1.04. The normalized spacial score (nSPS) is 15.9. The number of carbonyl (C=O) groups excluding carboxylic acids is 1. The molecule has 0 aliphatic heterocycles. The summed E-state index contributed by atoms with van der Waals surface area (Å²) >= 11 is 0. The lowest BCUT2D eigenvalue weighted by atomic mass is 10.0. The van der Waals surface area contributed by atoms with E-state index in [1.807, 2.05) is 6.92 Å². The minimum Gasteiger partial charge on any atom is -0.478 e. The van der Waals surface area contributed by atoms with Gasteiger partial charge in [-0.15, -0.1) is 0 Å². The SMILES string of the molecule is CCC1(CNC(=O)c2ccc(/C=C/C(=O)O)c(C)c2)CC1. The second-order valence-electron chi connectivity index (χ2n) is 5.78. The van der Waals surface area contributed by atoms with Crippen LogP contribution in [0.2, 0.25) is 0 Å². The van der Waals surface area contributed by atoms with Crippen molar-refractivity contribution in [2.75, 3.05) is 6.54 Å². The van der Waals surface area contributed by atoms with E-state index in [1.165, 1.54) is 18.9 Å². The van der Waals surface area contributed by atoms with Crippen LogP contribution in [0.4, 0.5) is 0 Å². The van der Waals surface area contributed by atoms with Gasteiger partial charge < -0.3 is 10.4 Å². The maximum Gasteiger partial charge on any atom is 0.328 e. The molecule has 0 bridgehead atoms. The number of benzene rings is 1. The summed E-state index contributed by atoms with van der Waals surface area (Å²) in [5, 5.41) is 11.6. The molecule has 21 heavy (non-hydrogen) atoms. The number of carboxylic acids is 1. The van der Waals surface area contributed by atoms with Gasteiger partial charge in [-0.3, -0.25) is 4.79 Å². The second-order valence-corrected chi connectivity index (χ2v) is 5.78. The number of hydrogen-bond acceptors (Lipinski definition) is 2. The fourth-order valence-electron chi connectivity index (χ4n) is 2.37. The Balaban J connectivity index is 2.02. The van der Waals surface area contributed by atoms with E-state index in [9.17, 15) is 9.59 Å². The molecule has 4 heteroatoms. The van der Waals surface area contributed by atoms with Crippen molar-refractivity contribution in [2.24, 2.45) is 5.41 Å². The van der Waals surface area contributed by atoms with Crippen LogP contribution in [0.15, 0.2) is 24.3 Å². The van der Waals surface area contributed by atoms with Crippen LogP contribution < -0.4 is 5.32 Å². The minimum absolute atomic E-state index is 0.0633. The lowest BCUT2D eigenvalue weighted by Crippen LogP contribution is -2.30. The maximum atomic E-state index is 12.1. The molecule has 112 valence electrons. The molecule has 0 atom stereocenters. The van der Waals surface area contributed by atoms with Gasteiger partial charge in [0.15, 0.2) is 0 Å². The molecule has 1 fully saturated rings. The average molecular weight is 287 g/mol. The van der Waals surface area contributed by atoms with Gasteiger partial charge in [0.05, 0.1) is 0 Å². The van der Waals surface area contributed by atoms with Crippen molar-refractivity contribution in [1.29, 1.82) is 0 Å². The molecule has 1 aliphatic rings. The Morgan fingerprint density at radius 3 is 2.62 bits per heavy atom. The first kappa shape index (κ1) is 15.3. The highest BCUT2D eigenvalue weighted by Gasteiger charge is 2.40. The Labute approximate surface area is 124 Å². The summed E-state index contributed by atoms with van der Waals surface area (Å²) in [4.78, 5) is 22.7. The van der Waals surface area contributed by atoms with Crippen LogP contribution in [0.3, 0.4) is 0 Å². The smallest absolute Gasteiger partial charge is 0.328 e. The molecule has 1 aromatic carbocycles. The molecule has 1 amide bonds. The molecular formula is C17H21NO3. The lowest BCUT2D eigenvalue weighted by molar-refractivity contribution is -0.131. The summed E-state index contributed by atoms with van der Waals surface area (Å²) in [6, 6.07) is 5.30. The van der Waals surface area contributed by atoms with Crippen LogP contribution in [0, 0.1) is 12.3 Å². The van der Waals surface area contributed by atoms with Gasteiger partial charge in [0.1, 0.15) is 0 Å². The van der Waals surface area contributed by atoms with E-state index in [0.717, 1.165) is 30.2 Å². The minimum atomic E-state index is -0.981. The fourth-order valence-corrected chi connectivity index (χ4v) is 2.37. The number of rotatable bonds is 6. The summed E-state index contributed by atoms with van der Waals surface area (Å²) in [7, 11) is 0. The van der Waals surface area contributed by atoms with Gasteiger partial charge in [-0.25, -0.2) is 4.79 Å². The van der Waals surface area contributed by atoms with Crippen LogP contribution in [0.5, 0.6) is 0 Å². The van der Waals surface area contributed by atoms with E-state index in [1.54, 1.807) is 18.2 Å². The molecule has 1 aromatic rings. The number of aryl methyl sites for hydroxylation is 1. The molecule has 2 N–H and O–H groups in total. The Hall–Kier alpha value is -2.10. The molecule has 0 unspecified atom stereocenters. The van der Waals surface area contributed by atoms with E-state index < -0.39 is 5.97 Å². The number of hydrogen-bond donors (Lipinski definition) is 2. The van der Waals surface area contributed by atoms with Crippen molar-refractivity contribution < 1.29 is 14.7 Å². The van der Waals surface area contributed by atoms with Gasteiger partial charge in [-0.1, -0.05) is 13.0 Å². The van der Waals surface area contributed by atoms with E-state index >= 15 is 0 Å². The summed E-state index contributed by atoms with van der Waals surface area (Å²) in [5.41, 5.74) is 2.64. The van der Waals surface area contributed by atoms with Crippen LogP contribution in [-0.4, -0.2) is 23.5 Å². The predicted molar refractivity (Wildman–Crippen MR) is 82.1 cm³/mol. The summed E-state index contributed by atoms with van der Waals surface area (Å²) < 4.78 is 0. The molecule has 0 saturated heterocycles.